The molecule has 0 N–H and O–H groups in total. The molecule has 13 aromatic rings. The highest BCUT2D eigenvalue weighted by Crippen LogP contribution is 2.54. The van der Waals surface area contributed by atoms with Crippen molar-refractivity contribution in [1.29, 1.82) is 0 Å². The van der Waals surface area contributed by atoms with Crippen LogP contribution in [0.1, 0.15) is 0 Å². The van der Waals surface area contributed by atoms with Crippen LogP contribution in [-0.2, 0) is 0 Å². The molecule has 12 aromatic carbocycles. The van der Waals surface area contributed by atoms with Crippen LogP contribution < -0.4 is 19.3 Å². The van der Waals surface area contributed by atoms with Gasteiger partial charge in [0.25, 0.3) is 0 Å². The number of benzene rings is 12. The van der Waals surface area contributed by atoms with Gasteiger partial charge in [-0.1, -0.05) is 121 Å². The molecule has 0 aliphatic carbocycles. The molecule has 8 nitrogen and oxygen atoms in total. The average molecular weight is 945 g/mol. The number of anilines is 6. The van der Waals surface area contributed by atoms with E-state index in [1.165, 1.54) is 0 Å². The molecule has 3 heterocycles. The summed E-state index contributed by atoms with van der Waals surface area (Å²) in [6.45, 7) is 15.5. The average Bonchev–Trinajstić information content (AvgIpc) is 3.52. The van der Waals surface area contributed by atoms with Crippen molar-refractivity contribution in [3.63, 3.8) is 0 Å². The van der Waals surface area contributed by atoms with E-state index in [1.807, 2.05) is 109 Å². The third-order valence-corrected chi connectivity index (χ3v) is 14.5. The molecule has 0 amide bonds. The highest BCUT2D eigenvalue weighted by molar-refractivity contribution is 6.29. The maximum Gasteiger partial charge on any atom is 0.187 e. The van der Waals surface area contributed by atoms with Crippen LogP contribution in [0.4, 0.5) is 45.5 Å². The Labute approximate surface area is 424 Å². The molecule has 2 aliphatic heterocycles. The molecule has 0 saturated heterocycles. The van der Waals surface area contributed by atoms with E-state index in [4.69, 9.17) is 32.6 Å². The molecule has 0 spiro atoms. The first kappa shape index (κ1) is 41.3. The van der Waals surface area contributed by atoms with Crippen molar-refractivity contribution in [1.82, 2.24) is 9.97 Å². The van der Waals surface area contributed by atoms with E-state index in [0.717, 1.165) is 145 Å². The molecular formula is C66H36N6O2. The van der Waals surface area contributed by atoms with Gasteiger partial charge in [0.1, 0.15) is 0 Å². The number of hydrogen-bond donors (Lipinski definition) is 0. The van der Waals surface area contributed by atoms with Crippen molar-refractivity contribution >= 4 is 111 Å². The van der Waals surface area contributed by atoms with Gasteiger partial charge in [0.2, 0.25) is 0 Å². The molecule has 8 heteroatoms. The number of hydrogen-bond acceptors (Lipinski definition) is 6. The van der Waals surface area contributed by atoms with Crippen LogP contribution in [0, 0.1) is 13.1 Å². The molecule has 74 heavy (non-hydrogen) atoms. The fourth-order valence-electron chi connectivity index (χ4n) is 11.2. The van der Waals surface area contributed by atoms with Crippen molar-refractivity contribution in [2.75, 3.05) is 9.80 Å². The summed E-state index contributed by atoms with van der Waals surface area (Å²) in [6, 6.07) is 74.6. The number of ether oxygens (including phenoxy) is 2. The third kappa shape index (κ3) is 6.26. The van der Waals surface area contributed by atoms with Gasteiger partial charge in [-0.2, -0.15) is 0 Å². The quantitative estimate of drug-likeness (QED) is 0.0995. The van der Waals surface area contributed by atoms with E-state index in [0.29, 0.717) is 11.4 Å². The molecule has 342 valence electrons. The largest absolute Gasteiger partial charge is 0.453 e. The number of rotatable bonds is 4. The van der Waals surface area contributed by atoms with Gasteiger partial charge >= 0.3 is 0 Å². The molecule has 2 aliphatic rings. The first-order chi connectivity index (χ1) is 36.6. The monoisotopic (exact) mass is 944 g/mol. The molecule has 0 bridgehead atoms. The summed E-state index contributed by atoms with van der Waals surface area (Å²) >= 11 is 0. The van der Waals surface area contributed by atoms with Crippen LogP contribution in [0.25, 0.3) is 97.1 Å². The lowest BCUT2D eigenvalue weighted by atomic mass is 9.92. The summed E-state index contributed by atoms with van der Waals surface area (Å²) in [7, 11) is 0. The standard InChI is InChI=1S/C66H36N6O2/c1-67-43-15-11-13-39(33-43)41-25-29-47-51(35-41)52-36-42(40-14-12-16-44(34-40)68-2)26-30-48(52)64-63(47)69-65-49-31-27-45(71-55-17-3-7-21-59(55)73-60-22-8-4-18-56(60)71)37-53(49)54-38-46(28-32-50(54)66(65)70-64)72-57-19-5-9-23-61(57)74-62-24-10-6-20-58(62)72/h3-38H. The molecule has 15 rings (SSSR count). The summed E-state index contributed by atoms with van der Waals surface area (Å²) in [5.41, 5.74) is 14.0. The SMILES string of the molecule is [C-]#[N+]c1cccc(-c2ccc3c(c2)c2cc(-c4cccc([N+]#[C-])c4)ccc2c2nc4c5ccc(N6c7ccccc7Oc7ccccc76)cc5c5cc(N6c7ccccc7Oc7ccccc76)ccc5c4nc32)c1. The van der Waals surface area contributed by atoms with E-state index in [1.54, 1.807) is 0 Å². The fraction of sp³-hybridized carbons (Fsp3) is 0. The van der Waals surface area contributed by atoms with Gasteiger partial charge in [-0.3, -0.25) is 0 Å². The Morgan fingerprint density at radius 3 is 0.986 bits per heavy atom. The van der Waals surface area contributed by atoms with Crippen LogP contribution in [0.3, 0.4) is 0 Å². The molecule has 0 atom stereocenters. The Morgan fingerprint density at radius 1 is 0.297 bits per heavy atom. The summed E-state index contributed by atoms with van der Waals surface area (Å²) in [5.74, 6) is 3.13. The normalized spacial score (nSPS) is 12.5. The second kappa shape index (κ2) is 16.0. The van der Waals surface area contributed by atoms with Gasteiger partial charge in [0, 0.05) is 32.9 Å². The summed E-state index contributed by atoms with van der Waals surface area (Å²) in [5, 5.41) is 7.94. The van der Waals surface area contributed by atoms with Crippen LogP contribution in [0.15, 0.2) is 218 Å². The number of para-hydroxylation sites is 8. The number of nitrogens with zero attached hydrogens (tertiary/aromatic N) is 6. The van der Waals surface area contributed by atoms with E-state index in [9.17, 15) is 0 Å². The Kier molecular flexibility index (Phi) is 8.92. The Bertz CT molecular complexity index is 4300. The van der Waals surface area contributed by atoms with Crippen molar-refractivity contribution in [2.45, 2.75) is 0 Å². The van der Waals surface area contributed by atoms with Crippen molar-refractivity contribution in [2.24, 2.45) is 0 Å². The molecule has 0 radical (unpaired) electrons. The van der Waals surface area contributed by atoms with Gasteiger partial charge in [-0.05, 0) is 141 Å². The third-order valence-electron chi connectivity index (χ3n) is 14.5. The summed E-state index contributed by atoms with van der Waals surface area (Å²) in [6.07, 6.45) is 0. The lowest BCUT2D eigenvalue weighted by Gasteiger charge is -2.33. The van der Waals surface area contributed by atoms with Crippen LogP contribution in [0.2, 0.25) is 0 Å². The summed E-state index contributed by atoms with van der Waals surface area (Å²) < 4.78 is 12.9. The van der Waals surface area contributed by atoms with E-state index in [-0.39, 0.29) is 0 Å². The number of aromatic nitrogens is 2. The Balaban J connectivity index is 1.04. The lowest BCUT2D eigenvalue weighted by Crippen LogP contribution is -2.16. The second-order valence-electron chi connectivity index (χ2n) is 18.7. The van der Waals surface area contributed by atoms with E-state index >= 15 is 0 Å². The Morgan fingerprint density at radius 2 is 0.622 bits per heavy atom. The van der Waals surface area contributed by atoms with Gasteiger partial charge in [-0.25, -0.2) is 19.7 Å². The van der Waals surface area contributed by atoms with Gasteiger partial charge in [0.15, 0.2) is 34.4 Å². The van der Waals surface area contributed by atoms with Gasteiger partial charge in [-0.15, -0.1) is 0 Å². The van der Waals surface area contributed by atoms with Crippen molar-refractivity contribution in [3.8, 4) is 45.3 Å². The van der Waals surface area contributed by atoms with E-state index in [2.05, 4.69) is 129 Å². The minimum atomic E-state index is 0.585. The van der Waals surface area contributed by atoms with Crippen LogP contribution in [0.5, 0.6) is 23.0 Å². The Hall–Kier alpha value is -10.5. The highest BCUT2D eigenvalue weighted by atomic mass is 16.5. The first-order valence-corrected chi connectivity index (χ1v) is 24.4. The van der Waals surface area contributed by atoms with Gasteiger partial charge < -0.3 is 19.3 Å². The van der Waals surface area contributed by atoms with Crippen LogP contribution in [-0.4, -0.2) is 9.97 Å². The molecule has 0 saturated carbocycles. The van der Waals surface area contributed by atoms with E-state index < -0.39 is 0 Å². The van der Waals surface area contributed by atoms with Crippen LogP contribution >= 0.6 is 0 Å². The van der Waals surface area contributed by atoms with Crippen molar-refractivity contribution < 1.29 is 9.47 Å². The predicted molar refractivity (Wildman–Crippen MR) is 300 cm³/mol. The molecular weight excluding hydrogens is 909 g/mol. The molecule has 0 unspecified atom stereocenters. The summed E-state index contributed by atoms with van der Waals surface area (Å²) in [4.78, 5) is 23.6. The van der Waals surface area contributed by atoms with Crippen molar-refractivity contribution in [3.05, 3.63) is 241 Å². The topological polar surface area (TPSA) is 59.4 Å². The zero-order valence-electron chi connectivity index (χ0n) is 39.3. The lowest BCUT2D eigenvalue weighted by molar-refractivity contribution is 0.477. The fourth-order valence-corrected chi connectivity index (χ4v) is 11.2. The smallest absolute Gasteiger partial charge is 0.187 e. The predicted octanol–water partition coefficient (Wildman–Crippen LogP) is 19.0. The zero-order valence-corrected chi connectivity index (χ0v) is 39.3. The van der Waals surface area contributed by atoms with Gasteiger partial charge in [0.05, 0.1) is 58.0 Å². The second-order valence-corrected chi connectivity index (χ2v) is 18.7. The minimum Gasteiger partial charge on any atom is -0.453 e. The zero-order chi connectivity index (χ0) is 49.0. The minimum absolute atomic E-state index is 0.585. The number of fused-ring (bicyclic) bond motifs is 16. The maximum atomic E-state index is 7.75. The molecule has 1 aromatic heterocycles. The molecule has 0 fully saturated rings. The first-order valence-electron chi connectivity index (χ1n) is 24.4. The highest BCUT2D eigenvalue weighted by Gasteiger charge is 2.29. The maximum absolute atomic E-state index is 7.75.